The number of anilines is 1. The average Bonchev–Trinajstić information content (AvgIpc) is 2.53. The van der Waals surface area contributed by atoms with Crippen LogP contribution < -0.4 is 10.6 Å². The minimum Gasteiger partial charge on any atom is -0.368 e. The third-order valence-corrected chi connectivity index (χ3v) is 4.19. The van der Waals surface area contributed by atoms with Crippen molar-refractivity contribution in [2.75, 3.05) is 31.1 Å². The maximum absolute atomic E-state index is 12.6. The van der Waals surface area contributed by atoms with Gasteiger partial charge in [0.05, 0.1) is 11.6 Å². The van der Waals surface area contributed by atoms with Gasteiger partial charge < -0.3 is 15.5 Å². The lowest BCUT2D eigenvalue weighted by molar-refractivity contribution is -0.137. The van der Waals surface area contributed by atoms with Crippen LogP contribution in [-0.2, 0) is 11.0 Å². The molecule has 1 atom stereocenters. The molecule has 0 aliphatic carbocycles. The van der Waals surface area contributed by atoms with Crippen molar-refractivity contribution in [1.82, 2.24) is 4.90 Å². The Morgan fingerprint density at radius 3 is 2.08 bits per heavy atom. The highest BCUT2D eigenvalue weighted by Crippen LogP contribution is 2.30. The van der Waals surface area contributed by atoms with Crippen molar-refractivity contribution in [1.29, 1.82) is 0 Å². The van der Waals surface area contributed by atoms with E-state index in [1.165, 1.54) is 12.1 Å². The van der Waals surface area contributed by atoms with Gasteiger partial charge in [0.1, 0.15) is 0 Å². The van der Waals surface area contributed by atoms with Crippen molar-refractivity contribution in [3.63, 3.8) is 0 Å². The van der Waals surface area contributed by atoms with Gasteiger partial charge in [0.15, 0.2) is 0 Å². The van der Waals surface area contributed by atoms with Crippen molar-refractivity contribution in [3.05, 3.63) is 29.8 Å². The maximum atomic E-state index is 12.6. The van der Waals surface area contributed by atoms with Crippen molar-refractivity contribution >= 4 is 24.0 Å². The van der Waals surface area contributed by atoms with Crippen molar-refractivity contribution in [2.24, 2.45) is 11.7 Å². The van der Waals surface area contributed by atoms with Gasteiger partial charge in [-0.1, -0.05) is 13.8 Å². The van der Waals surface area contributed by atoms with E-state index in [-0.39, 0.29) is 18.3 Å². The first-order valence-electron chi connectivity index (χ1n) is 8.15. The third-order valence-electron chi connectivity index (χ3n) is 4.19. The Kier molecular flexibility index (Phi) is 7.56. The lowest BCUT2D eigenvalue weighted by atomic mass is 10.0. The standard InChI is InChI=1S/C17H24F3N3O.ClH/c1-12(2)11-15(21)16(24)23-9-7-22(8-10-23)14-5-3-13(4-6-14)17(18,19)20;/h3-6,12,15H,7-11,21H2,1-2H3;1H/t15-;/m0./s1. The molecule has 2 N–H and O–H groups in total. The molecule has 4 nitrogen and oxygen atoms in total. The van der Waals surface area contributed by atoms with Gasteiger partial charge in [-0.3, -0.25) is 4.79 Å². The molecule has 1 saturated heterocycles. The molecule has 0 bridgehead atoms. The molecule has 1 amide bonds. The van der Waals surface area contributed by atoms with E-state index in [2.05, 4.69) is 0 Å². The minimum atomic E-state index is -4.32. The summed E-state index contributed by atoms with van der Waals surface area (Å²) in [5.74, 6) is 0.313. The van der Waals surface area contributed by atoms with Gasteiger partial charge >= 0.3 is 6.18 Å². The van der Waals surface area contributed by atoms with Crippen LogP contribution in [0.15, 0.2) is 24.3 Å². The van der Waals surface area contributed by atoms with Gasteiger partial charge in [0, 0.05) is 31.9 Å². The second-order valence-electron chi connectivity index (χ2n) is 6.59. The van der Waals surface area contributed by atoms with Crippen LogP contribution in [-0.4, -0.2) is 43.0 Å². The molecule has 1 aromatic carbocycles. The fourth-order valence-corrected chi connectivity index (χ4v) is 2.89. The van der Waals surface area contributed by atoms with Crippen LogP contribution in [0.3, 0.4) is 0 Å². The largest absolute Gasteiger partial charge is 0.416 e. The molecule has 0 aromatic heterocycles. The Labute approximate surface area is 152 Å². The minimum absolute atomic E-state index is 0. The van der Waals surface area contributed by atoms with E-state index in [0.717, 1.165) is 17.8 Å². The molecule has 2 rings (SSSR count). The van der Waals surface area contributed by atoms with E-state index in [4.69, 9.17) is 5.73 Å². The summed E-state index contributed by atoms with van der Waals surface area (Å²) in [6.07, 6.45) is -3.67. The molecule has 0 radical (unpaired) electrons. The molecule has 1 aliphatic rings. The number of amides is 1. The van der Waals surface area contributed by atoms with Crippen LogP contribution >= 0.6 is 12.4 Å². The number of halogens is 4. The molecular formula is C17H25ClF3N3O. The van der Waals surface area contributed by atoms with Gasteiger partial charge in [-0.15, -0.1) is 12.4 Å². The zero-order chi connectivity index (χ0) is 17.9. The summed E-state index contributed by atoms with van der Waals surface area (Å²) >= 11 is 0. The molecule has 1 heterocycles. The number of carbonyl (C=O) groups is 1. The first-order chi connectivity index (χ1) is 11.2. The molecule has 8 heteroatoms. The summed E-state index contributed by atoms with van der Waals surface area (Å²) in [5, 5.41) is 0. The summed E-state index contributed by atoms with van der Waals surface area (Å²) in [6, 6.07) is 4.65. The number of alkyl halides is 3. The van der Waals surface area contributed by atoms with Crippen LogP contribution in [0.4, 0.5) is 18.9 Å². The lowest BCUT2D eigenvalue weighted by Crippen LogP contribution is -2.53. The summed E-state index contributed by atoms with van der Waals surface area (Å²) in [7, 11) is 0. The van der Waals surface area contributed by atoms with Crippen LogP contribution in [0.5, 0.6) is 0 Å². The average molecular weight is 380 g/mol. The number of carbonyl (C=O) groups excluding carboxylic acids is 1. The Morgan fingerprint density at radius 1 is 1.12 bits per heavy atom. The molecule has 25 heavy (non-hydrogen) atoms. The summed E-state index contributed by atoms with van der Waals surface area (Å²) in [6.45, 7) is 6.29. The Balaban J connectivity index is 0.00000312. The van der Waals surface area contributed by atoms with E-state index < -0.39 is 17.8 Å². The third kappa shape index (κ3) is 5.78. The zero-order valence-corrected chi connectivity index (χ0v) is 15.2. The Hall–Kier alpha value is -1.47. The van der Waals surface area contributed by atoms with Gasteiger partial charge in [-0.05, 0) is 36.6 Å². The number of nitrogens with two attached hydrogens (primary N) is 1. The molecule has 0 saturated carbocycles. The number of nitrogens with zero attached hydrogens (tertiary/aromatic N) is 2. The highest BCUT2D eigenvalue weighted by Gasteiger charge is 2.30. The fraction of sp³-hybridized carbons (Fsp3) is 0.588. The number of hydrogen-bond acceptors (Lipinski definition) is 3. The Morgan fingerprint density at radius 2 is 1.64 bits per heavy atom. The van der Waals surface area contributed by atoms with Gasteiger partial charge in [-0.2, -0.15) is 13.2 Å². The molecule has 1 aliphatic heterocycles. The topological polar surface area (TPSA) is 49.6 Å². The van der Waals surface area contributed by atoms with E-state index >= 15 is 0 Å². The van der Waals surface area contributed by atoms with Crippen LogP contribution in [0.1, 0.15) is 25.8 Å². The lowest BCUT2D eigenvalue weighted by Gasteiger charge is -2.37. The van der Waals surface area contributed by atoms with Gasteiger partial charge in [0.2, 0.25) is 5.91 Å². The second kappa shape index (κ2) is 8.76. The zero-order valence-electron chi connectivity index (χ0n) is 14.4. The number of piperazine rings is 1. The maximum Gasteiger partial charge on any atom is 0.416 e. The van der Waals surface area contributed by atoms with Crippen LogP contribution in [0.2, 0.25) is 0 Å². The highest BCUT2D eigenvalue weighted by molar-refractivity contribution is 5.85. The predicted octanol–water partition coefficient (Wildman–Crippen LogP) is 3.15. The molecule has 1 fully saturated rings. The number of rotatable bonds is 4. The first kappa shape index (κ1) is 21.6. The molecular weight excluding hydrogens is 355 g/mol. The smallest absolute Gasteiger partial charge is 0.368 e. The predicted molar refractivity (Wildman–Crippen MR) is 94.9 cm³/mol. The Bertz CT molecular complexity index is 555. The van der Waals surface area contributed by atoms with E-state index in [1.807, 2.05) is 18.7 Å². The summed E-state index contributed by atoms with van der Waals surface area (Å²) in [5.41, 5.74) is 6.03. The molecule has 1 aromatic rings. The second-order valence-corrected chi connectivity index (χ2v) is 6.59. The number of hydrogen-bond donors (Lipinski definition) is 1. The van der Waals surface area contributed by atoms with Gasteiger partial charge in [0.25, 0.3) is 0 Å². The SMILES string of the molecule is CC(C)C[C@H](N)C(=O)N1CCN(c2ccc(C(F)(F)F)cc2)CC1.Cl. The van der Waals surface area contributed by atoms with Crippen LogP contribution in [0.25, 0.3) is 0 Å². The monoisotopic (exact) mass is 379 g/mol. The van der Waals surface area contributed by atoms with Crippen molar-refractivity contribution in [3.8, 4) is 0 Å². The quantitative estimate of drug-likeness (QED) is 0.874. The molecule has 142 valence electrons. The van der Waals surface area contributed by atoms with E-state index in [0.29, 0.717) is 38.5 Å². The fourth-order valence-electron chi connectivity index (χ4n) is 2.89. The first-order valence-corrected chi connectivity index (χ1v) is 8.15. The highest BCUT2D eigenvalue weighted by atomic mass is 35.5. The van der Waals surface area contributed by atoms with Crippen molar-refractivity contribution in [2.45, 2.75) is 32.5 Å². The summed E-state index contributed by atoms with van der Waals surface area (Å²) < 4.78 is 37.8. The normalized spacial score (nSPS) is 16.6. The molecule has 0 unspecified atom stereocenters. The molecule has 0 spiro atoms. The summed E-state index contributed by atoms with van der Waals surface area (Å²) in [4.78, 5) is 16.0. The van der Waals surface area contributed by atoms with E-state index in [9.17, 15) is 18.0 Å². The van der Waals surface area contributed by atoms with E-state index in [1.54, 1.807) is 4.90 Å². The van der Waals surface area contributed by atoms with Gasteiger partial charge in [-0.25, -0.2) is 0 Å². The van der Waals surface area contributed by atoms with Crippen molar-refractivity contribution < 1.29 is 18.0 Å². The van der Waals surface area contributed by atoms with Crippen LogP contribution in [0, 0.1) is 5.92 Å². The number of benzene rings is 1.